The molecule has 0 aliphatic rings. The summed E-state index contributed by atoms with van der Waals surface area (Å²) in [5.74, 6) is 0. The van der Waals surface area contributed by atoms with Crippen LogP contribution in [0.3, 0.4) is 0 Å². The van der Waals surface area contributed by atoms with Crippen LogP contribution in [-0.2, 0) is 25.2 Å². The maximum Gasteiger partial charge on any atom is 0.332 e. The Morgan fingerprint density at radius 3 is 1.40 bits per heavy atom. The van der Waals surface area contributed by atoms with Crippen molar-refractivity contribution in [3.63, 3.8) is 0 Å². The Bertz CT molecular complexity index is 268. The first-order valence-corrected chi connectivity index (χ1v) is 11.1. The van der Waals surface area contributed by atoms with Gasteiger partial charge in [-0.15, -0.1) is 0 Å². The molecule has 0 aromatic carbocycles. The molecule has 0 saturated heterocycles. The van der Waals surface area contributed by atoms with Gasteiger partial charge in [-0.05, 0) is 25.7 Å². The van der Waals surface area contributed by atoms with Crippen molar-refractivity contribution >= 4 is 27.0 Å². The predicted molar refractivity (Wildman–Crippen MR) is 91.4 cm³/mol. The standard InChI is InChI=1S/C12H30N2O3P2S/c1-7-13(8-2)18(14(9-3)10-4)17-19(20,15-11-5)16-12-6/h7-12H2,1-6H3. The van der Waals surface area contributed by atoms with Crippen LogP contribution in [0, 0.1) is 0 Å². The molecule has 0 aliphatic carbocycles. The van der Waals surface area contributed by atoms with E-state index in [-0.39, 0.29) is 0 Å². The van der Waals surface area contributed by atoms with Crippen molar-refractivity contribution in [2.75, 3.05) is 39.4 Å². The van der Waals surface area contributed by atoms with Crippen LogP contribution in [0.15, 0.2) is 0 Å². The fourth-order valence-electron chi connectivity index (χ4n) is 1.70. The van der Waals surface area contributed by atoms with Gasteiger partial charge in [-0.1, -0.05) is 27.7 Å². The Morgan fingerprint density at radius 2 is 1.15 bits per heavy atom. The smallest absolute Gasteiger partial charge is 0.309 e. The lowest BCUT2D eigenvalue weighted by Gasteiger charge is -2.38. The van der Waals surface area contributed by atoms with E-state index in [4.69, 9.17) is 25.2 Å². The van der Waals surface area contributed by atoms with E-state index in [1.807, 2.05) is 13.8 Å². The highest BCUT2D eigenvalue weighted by atomic mass is 32.5. The summed E-state index contributed by atoms with van der Waals surface area (Å²) in [5, 5.41) is 0. The average Bonchev–Trinajstić information content (AvgIpc) is 2.41. The van der Waals surface area contributed by atoms with E-state index in [2.05, 4.69) is 37.0 Å². The highest BCUT2D eigenvalue weighted by Gasteiger charge is 2.32. The summed E-state index contributed by atoms with van der Waals surface area (Å²) in [6.07, 6.45) is 0. The Morgan fingerprint density at radius 1 is 0.800 bits per heavy atom. The lowest BCUT2D eigenvalue weighted by molar-refractivity contribution is 0.212. The third kappa shape index (κ3) is 6.76. The van der Waals surface area contributed by atoms with Crippen LogP contribution in [0.5, 0.6) is 0 Å². The summed E-state index contributed by atoms with van der Waals surface area (Å²) in [7, 11) is -0.937. The molecule has 0 atom stereocenters. The van der Waals surface area contributed by atoms with E-state index in [0.717, 1.165) is 26.2 Å². The largest absolute Gasteiger partial charge is 0.332 e. The van der Waals surface area contributed by atoms with Gasteiger partial charge in [0, 0.05) is 26.2 Å². The summed E-state index contributed by atoms with van der Waals surface area (Å²) in [6.45, 7) is 14.4. The second kappa shape index (κ2) is 11.4. The summed E-state index contributed by atoms with van der Waals surface area (Å²) >= 11 is 5.51. The summed E-state index contributed by atoms with van der Waals surface area (Å²) in [5.41, 5.74) is 0. The fraction of sp³-hybridized carbons (Fsp3) is 1.00. The van der Waals surface area contributed by atoms with E-state index in [0.29, 0.717) is 13.2 Å². The molecule has 122 valence electrons. The molecule has 0 bridgehead atoms. The summed E-state index contributed by atoms with van der Waals surface area (Å²) in [6, 6.07) is 0. The molecule has 0 fully saturated rings. The Kier molecular flexibility index (Phi) is 12.0. The van der Waals surface area contributed by atoms with Crippen LogP contribution < -0.4 is 0 Å². The van der Waals surface area contributed by atoms with Gasteiger partial charge in [-0.25, -0.2) is 9.34 Å². The number of rotatable bonds is 12. The molecule has 0 saturated carbocycles. The van der Waals surface area contributed by atoms with Crippen molar-refractivity contribution in [1.82, 2.24) is 9.34 Å². The third-order valence-corrected chi connectivity index (χ3v) is 8.56. The van der Waals surface area contributed by atoms with E-state index in [9.17, 15) is 0 Å². The van der Waals surface area contributed by atoms with Gasteiger partial charge in [0.2, 0.25) is 0 Å². The molecule has 20 heavy (non-hydrogen) atoms. The van der Waals surface area contributed by atoms with Crippen molar-refractivity contribution < 1.29 is 13.4 Å². The molecule has 0 amide bonds. The topological polar surface area (TPSA) is 34.2 Å². The van der Waals surface area contributed by atoms with Crippen molar-refractivity contribution in [2.24, 2.45) is 0 Å². The second-order valence-electron chi connectivity index (χ2n) is 3.89. The highest BCUT2D eigenvalue weighted by molar-refractivity contribution is 8.08. The Balaban J connectivity index is 5.14. The zero-order valence-corrected chi connectivity index (χ0v) is 16.3. The minimum absolute atomic E-state index is 0.511. The molecule has 0 aromatic rings. The van der Waals surface area contributed by atoms with Crippen LogP contribution in [0.2, 0.25) is 0 Å². The van der Waals surface area contributed by atoms with Crippen molar-refractivity contribution in [3.8, 4) is 0 Å². The van der Waals surface area contributed by atoms with Crippen molar-refractivity contribution in [1.29, 1.82) is 0 Å². The lowest BCUT2D eigenvalue weighted by atomic mass is 10.7. The fourth-order valence-corrected chi connectivity index (χ4v) is 6.82. The normalized spacial score (nSPS) is 12.8. The molecule has 0 heterocycles. The predicted octanol–water partition coefficient (Wildman–Crippen LogP) is 4.21. The summed E-state index contributed by atoms with van der Waals surface area (Å²) < 4.78 is 22.0. The molecule has 0 rings (SSSR count). The quantitative estimate of drug-likeness (QED) is 0.493. The molecule has 8 heteroatoms. The average molecular weight is 344 g/mol. The SMILES string of the molecule is CCOP(=S)(OCC)OP(N(CC)CC)N(CC)CC. The zero-order chi connectivity index (χ0) is 15.6. The molecule has 0 aliphatic heterocycles. The molecule has 0 N–H and O–H groups in total. The van der Waals surface area contributed by atoms with E-state index in [1.165, 1.54) is 0 Å². The number of hydrogen-bond donors (Lipinski definition) is 0. The van der Waals surface area contributed by atoms with Gasteiger partial charge >= 0.3 is 6.72 Å². The minimum Gasteiger partial charge on any atom is -0.309 e. The molecule has 0 aromatic heterocycles. The molecule has 5 nitrogen and oxygen atoms in total. The molecule has 0 spiro atoms. The van der Waals surface area contributed by atoms with Crippen molar-refractivity contribution in [2.45, 2.75) is 41.5 Å². The van der Waals surface area contributed by atoms with Crippen LogP contribution in [-0.4, -0.2) is 48.7 Å². The number of nitrogens with zero attached hydrogens (tertiary/aromatic N) is 2. The van der Waals surface area contributed by atoms with Crippen LogP contribution in [0.1, 0.15) is 41.5 Å². The van der Waals surface area contributed by atoms with E-state index < -0.39 is 15.2 Å². The van der Waals surface area contributed by atoms with Gasteiger partial charge in [0.15, 0.2) is 8.45 Å². The highest BCUT2D eigenvalue weighted by Crippen LogP contribution is 2.63. The maximum absolute atomic E-state index is 6.20. The lowest BCUT2D eigenvalue weighted by Crippen LogP contribution is -2.29. The molecular weight excluding hydrogens is 314 g/mol. The van der Waals surface area contributed by atoms with Gasteiger partial charge in [0.25, 0.3) is 0 Å². The monoisotopic (exact) mass is 344 g/mol. The van der Waals surface area contributed by atoms with Gasteiger partial charge < -0.3 is 9.05 Å². The second-order valence-corrected chi connectivity index (χ2v) is 8.94. The molecule has 0 unspecified atom stereocenters. The van der Waals surface area contributed by atoms with E-state index >= 15 is 0 Å². The number of hydrogen-bond acceptors (Lipinski definition) is 6. The first kappa shape index (κ1) is 20.9. The van der Waals surface area contributed by atoms with Gasteiger partial charge in [-0.3, -0.25) is 4.31 Å². The first-order valence-electron chi connectivity index (χ1n) is 7.40. The Labute approximate surface area is 131 Å². The van der Waals surface area contributed by atoms with Crippen molar-refractivity contribution in [3.05, 3.63) is 0 Å². The zero-order valence-electron chi connectivity index (χ0n) is 13.7. The van der Waals surface area contributed by atoms with Crippen LogP contribution in [0.25, 0.3) is 0 Å². The van der Waals surface area contributed by atoms with Gasteiger partial charge in [-0.2, -0.15) is 0 Å². The molecular formula is C12H30N2O3P2S. The van der Waals surface area contributed by atoms with E-state index in [1.54, 1.807) is 0 Å². The van der Waals surface area contributed by atoms with Gasteiger partial charge in [0.1, 0.15) is 0 Å². The van der Waals surface area contributed by atoms with Crippen LogP contribution in [0.4, 0.5) is 0 Å². The first-order chi connectivity index (χ1) is 9.51. The van der Waals surface area contributed by atoms with Crippen LogP contribution >= 0.6 is 15.2 Å². The summed E-state index contributed by atoms with van der Waals surface area (Å²) in [4.78, 5) is 0. The minimum atomic E-state index is -2.66. The maximum atomic E-state index is 6.20. The third-order valence-electron chi connectivity index (χ3n) is 2.69. The van der Waals surface area contributed by atoms with Gasteiger partial charge in [0.05, 0.1) is 13.2 Å². The molecule has 0 radical (unpaired) electrons. The Hall–Kier alpha value is 0.880.